The van der Waals surface area contributed by atoms with E-state index in [0.29, 0.717) is 0 Å². The summed E-state index contributed by atoms with van der Waals surface area (Å²) in [5, 5.41) is 9.82. The molecule has 0 N–H and O–H groups in total. The fraction of sp³-hybridized carbons (Fsp3) is 0. The van der Waals surface area contributed by atoms with E-state index in [1.807, 2.05) is 0 Å². The van der Waals surface area contributed by atoms with Crippen LogP contribution in [0.3, 0.4) is 0 Å². The predicted molar refractivity (Wildman–Crippen MR) is 329 cm³/mol. The SMILES string of the molecule is c1ccc(-c2cc(N3[Si](c4ccccc4)(c4ccccc4)N(c4cc(-c5ccccc5)nc(-n5c6ccccc6c6ccccc65)c4)[Si]3(c3ccccc3)c3ccccc3)cc(-n3c4ccccc4c4ccccc43)n2)cc1. The van der Waals surface area contributed by atoms with Crippen molar-refractivity contribution in [3.63, 3.8) is 0 Å². The summed E-state index contributed by atoms with van der Waals surface area (Å²) < 4.78 is 10.7. The molecule has 0 bridgehead atoms. The maximum Gasteiger partial charge on any atom is 0.318 e. The Kier molecular flexibility index (Phi) is 10.8. The van der Waals surface area contributed by atoms with Crippen molar-refractivity contribution >= 4 is 92.5 Å². The fourth-order valence-electron chi connectivity index (χ4n) is 12.8. The van der Waals surface area contributed by atoms with Gasteiger partial charge in [0.1, 0.15) is 11.6 Å². The van der Waals surface area contributed by atoms with Crippen LogP contribution in [-0.4, -0.2) is 35.9 Å². The van der Waals surface area contributed by atoms with Gasteiger partial charge in [-0.15, -0.1) is 0 Å². The number of nitrogens with zero attached hydrogens (tertiary/aromatic N) is 6. The van der Waals surface area contributed by atoms with Crippen molar-refractivity contribution in [3.05, 3.63) is 303 Å². The molecule has 14 aromatic rings. The molecule has 0 spiro atoms. The predicted octanol–water partition coefficient (Wildman–Crippen LogP) is 13.8. The number of fused-ring (bicyclic) bond motifs is 6. The molecule has 5 heterocycles. The van der Waals surface area contributed by atoms with E-state index in [0.717, 1.165) is 67.6 Å². The van der Waals surface area contributed by atoms with Crippen LogP contribution in [0.15, 0.2) is 303 Å². The summed E-state index contributed by atoms with van der Waals surface area (Å²) in [6.07, 6.45) is 0. The zero-order valence-electron chi connectivity index (χ0n) is 42.6. The summed E-state index contributed by atoms with van der Waals surface area (Å²) in [5.41, 5.74) is 10.6. The normalized spacial score (nSPS) is 13.8. The molecule has 1 saturated heterocycles. The van der Waals surface area contributed by atoms with Crippen LogP contribution in [-0.2, 0) is 0 Å². The molecule has 6 nitrogen and oxygen atoms in total. The van der Waals surface area contributed by atoms with E-state index in [4.69, 9.17) is 9.97 Å². The zero-order chi connectivity index (χ0) is 51.6. The smallest absolute Gasteiger partial charge is 0.318 e. The minimum atomic E-state index is -3.56. The van der Waals surface area contributed by atoms with Crippen molar-refractivity contribution < 1.29 is 0 Å². The third kappa shape index (κ3) is 6.87. The number of rotatable bonds is 10. The molecule has 0 saturated carbocycles. The minimum Gasteiger partial charge on any atom is -0.378 e. The zero-order valence-corrected chi connectivity index (χ0v) is 44.6. The fourth-order valence-corrected chi connectivity index (χ4v) is 27.9. The Bertz CT molecular complexity index is 4020. The van der Waals surface area contributed by atoms with E-state index in [-0.39, 0.29) is 0 Å². The molecule has 0 radical (unpaired) electrons. The van der Waals surface area contributed by atoms with Gasteiger partial charge >= 0.3 is 16.8 Å². The van der Waals surface area contributed by atoms with Crippen LogP contribution in [0.1, 0.15) is 0 Å². The molecule has 0 unspecified atom stereocenters. The van der Waals surface area contributed by atoms with Gasteiger partial charge in [-0.05, 0) is 57.1 Å². The number of benzene rings is 10. The minimum absolute atomic E-state index is 0.860. The second-order valence-electron chi connectivity index (χ2n) is 20.1. The van der Waals surface area contributed by atoms with E-state index in [9.17, 15) is 0 Å². The molecule has 8 heteroatoms. The van der Waals surface area contributed by atoms with E-state index < -0.39 is 16.8 Å². The average molecular weight is 1030 g/mol. The van der Waals surface area contributed by atoms with Crippen LogP contribution in [0.4, 0.5) is 11.4 Å². The van der Waals surface area contributed by atoms with Crippen molar-refractivity contribution in [2.45, 2.75) is 0 Å². The van der Waals surface area contributed by atoms with Crippen molar-refractivity contribution in [2.75, 3.05) is 8.46 Å². The second-order valence-corrected chi connectivity index (χ2v) is 27.8. The number of hydrogen-bond donors (Lipinski definition) is 0. The van der Waals surface area contributed by atoms with Crippen molar-refractivity contribution in [1.29, 1.82) is 0 Å². The Hall–Kier alpha value is -9.87. The Labute approximate surface area is 455 Å². The molecule has 1 aliphatic rings. The van der Waals surface area contributed by atoms with E-state index in [2.05, 4.69) is 321 Å². The highest BCUT2D eigenvalue weighted by atomic mass is 28.5. The van der Waals surface area contributed by atoms with Gasteiger partial charge in [0, 0.05) is 56.2 Å². The number of para-hydroxylation sites is 4. The number of hydrogen-bond acceptors (Lipinski definition) is 4. The van der Waals surface area contributed by atoms with Gasteiger partial charge in [0.15, 0.2) is 0 Å². The van der Waals surface area contributed by atoms with Gasteiger partial charge in [-0.3, -0.25) is 9.13 Å². The molecule has 0 amide bonds. The van der Waals surface area contributed by atoms with Gasteiger partial charge in [0.2, 0.25) is 0 Å². The van der Waals surface area contributed by atoms with E-state index >= 15 is 0 Å². The van der Waals surface area contributed by atoms with Crippen LogP contribution in [0, 0.1) is 0 Å². The Balaban J connectivity index is 1.12. The molecule has 368 valence electrons. The first-order valence-corrected chi connectivity index (χ1v) is 30.4. The Morgan fingerprint density at radius 2 is 0.487 bits per heavy atom. The van der Waals surface area contributed by atoms with Gasteiger partial charge in [0.05, 0.1) is 33.5 Å². The van der Waals surface area contributed by atoms with Crippen LogP contribution in [0.5, 0.6) is 0 Å². The number of anilines is 2. The maximum absolute atomic E-state index is 5.73. The molecule has 0 aliphatic carbocycles. The van der Waals surface area contributed by atoms with Crippen LogP contribution in [0.2, 0.25) is 0 Å². The highest BCUT2D eigenvalue weighted by Gasteiger charge is 2.75. The van der Waals surface area contributed by atoms with Gasteiger partial charge in [-0.25, -0.2) is 9.97 Å². The summed E-state index contributed by atoms with van der Waals surface area (Å²) in [6, 6.07) is 112. The second kappa shape index (κ2) is 18.5. The quantitative estimate of drug-likeness (QED) is 0.128. The number of aromatic nitrogens is 4. The van der Waals surface area contributed by atoms with Gasteiger partial charge in [0.25, 0.3) is 0 Å². The lowest BCUT2D eigenvalue weighted by Crippen LogP contribution is -3.07. The summed E-state index contributed by atoms with van der Waals surface area (Å²) >= 11 is 0. The first-order chi connectivity index (χ1) is 38.7. The molecule has 78 heavy (non-hydrogen) atoms. The first-order valence-electron chi connectivity index (χ1n) is 26.7. The van der Waals surface area contributed by atoms with Gasteiger partial charge in [-0.1, -0.05) is 255 Å². The van der Waals surface area contributed by atoms with Crippen molar-refractivity contribution in [2.24, 2.45) is 0 Å². The molecular weight excluding hydrogens is 981 g/mol. The highest BCUT2D eigenvalue weighted by molar-refractivity contribution is 7.38. The largest absolute Gasteiger partial charge is 0.378 e. The molecule has 0 atom stereocenters. The highest BCUT2D eigenvalue weighted by Crippen LogP contribution is 2.48. The van der Waals surface area contributed by atoms with Crippen LogP contribution < -0.4 is 29.2 Å². The molecule has 15 rings (SSSR count). The van der Waals surface area contributed by atoms with E-state index in [1.54, 1.807) is 0 Å². The Morgan fingerprint density at radius 3 is 0.769 bits per heavy atom. The Morgan fingerprint density at radius 1 is 0.244 bits per heavy atom. The topological polar surface area (TPSA) is 42.1 Å². The number of pyridine rings is 2. The molecule has 4 aromatic heterocycles. The van der Waals surface area contributed by atoms with Crippen molar-refractivity contribution in [1.82, 2.24) is 19.1 Å². The third-order valence-corrected chi connectivity index (χ3v) is 27.9. The molecule has 1 fully saturated rings. The lowest BCUT2D eigenvalue weighted by atomic mass is 10.1. The van der Waals surface area contributed by atoms with Crippen LogP contribution in [0.25, 0.3) is 77.8 Å². The first kappa shape index (κ1) is 45.5. The van der Waals surface area contributed by atoms with Crippen LogP contribution >= 0.6 is 0 Å². The summed E-state index contributed by atoms with van der Waals surface area (Å²) in [6.45, 7) is 0. The van der Waals surface area contributed by atoms with Crippen molar-refractivity contribution in [3.8, 4) is 34.2 Å². The molecule has 10 aromatic carbocycles. The third-order valence-electron chi connectivity index (χ3n) is 15.9. The van der Waals surface area contributed by atoms with E-state index in [1.165, 1.54) is 42.3 Å². The molecular formula is C70H50N6Si2. The summed E-state index contributed by atoms with van der Waals surface area (Å²) in [7, 11) is -7.12. The summed E-state index contributed by atoms with van der Waals surface area (Å²) in [5.74, 6) is 1.72. The van der Waals surface area contributed by atoms with Gasteiger partial charge in [-0.2, -0.15) is 0 Å². The lowest BCUT2D eigenvalue weighted by Gasteiger charge is -2.73. The molecule has 1 aliphatic heterocycles. The summed E-state index contributed by atoms with van der Waals surface area (Å²) in [4.78, 5) is 11.5. The lowest BCUT2D eigenvalue weighted by molar-refractivity contribution is 1.07. The maximum atomic E-state index is 5.73. The average Bonchev–Trinajstić information content (AvgIpc) is 3.21. The standard InChI is InChI=1S/C70H50N6Si2/c1-7-27-51(28-8-1)63-47-53(49-69(71-63)73-65-43-23-19-39-59(65)60-40-20-24-44-66(60)73)75-77(55-31-11-3-12-32-55,56-33-13-4-14-34-56)76(78(75,57-35-15-5-16-36-57)58-37-17-6-18-38-58)54-48-64(52-29-9-2-10-30-52)72-70(50-54)74-67-45-25-21-41-61(67)62-42-22-26-46-68(62)74/h1-50H. The monoisotopic (exact) mass is 1030 g/mol. The van der Waals surface area contributed by atoms with Gasteiger partial charge < -0.3 is 8.46 Å².